The monoisotopic (exact) mass is 185 g/mol. The smallest absolute Gasteiger partial charge is 0.0476 e. The number of fused-ring (bicyclic) bond motifs is 1. The molecule has 1 aliphatic heterocycles. The topological polar surface area (TPSA) is 12.0 Å². The lowest BCUT2D eigenvalue weighted by Crippen LogP contribution is -2.14. The Kier molecular flexibility index (Phi) is 2.40. The van der Waals surface area contributed by atoms with E-state index in [2.05, 4.69) is 49.2 Å². The summed E-state index contributed by atoms with van der Waals surface area (Å²) in [5, 5.41) is 3.47. The van der Waals surface area contributed by atoms with Crippen LogP contribution >= 0.6 is 0 Å². The summed E-state index contributed by atoms with van der Waals surface area (Å²) < 4.78 is 0. The lowest BCUT2D eigenvalue weighted by molar-refractivity contribution is 0.903. The van der Waals surface area contributed by atoms with Crippen molar-refractivity contribution in [2.45, 2.75) is 19.4 Å². The molecular weight excluding hydrogens is 170 g/mol. The van der Waals surface area contributed by atoms with E-state index in [1.165, 1.54) is 16.8 Å². The van der Waals surface area contributed by atoms with Gasteiger partial charge in [0.2, 0.25) is 0 Å². The van der Waals surface area contributed by atoms with Crippen LogP contribution in [0.4, 0.5) is 5.69 Å². The van der Waals surface area contributed by atoms with Crippen LogP contribution < -0.4 is 5.32 Å². The average molecular weight is 185 g/mol. The molecule has 0 saturated carbocycles. The third-order valence-electron chi connectivity index (χ3n) is 2.66. The van der Waals surface area contributed by atoms with Crippen LogP contribution in [-0.2, 0) is 0 Å². The van der Waals surface area contributed by atoms with Gasteiger partial charge in [-0.1, -0.05) is 30.4 Å². The summed E-state index contributed by atoms with van der Waals surface area (Å²) in [5.41, 5.74) is 3.86. The highest BCUT2D eigenvalue weighted by atomic mass is 14.9. The first-order valence-corrected chi connectivity index (χ1v) is 4.96. The van der Waals surface area contributed by atoms with Crippen LogP contribution in [0.25, 0.3) is 5.57 Å². The fraction of sp³-hybridized carbons (Fsp3) is 0.231. The lowest BCUT2D eigenvalue weighted by Gasteiger charge is -2.13. The molecule has 1 heterocycles. The van der Waals surface area contributed by atoms with Gasteiger partial charge in [0.15, 0.2) is 0 Å². The zero-order valence-electron chi connectivity index (χ0n) is 8.46. The fourth-order valence-corrected chi connectivity index (χ4v) is 1.78. The summed E-state index contributed by atoms with van der Waals surface area (Å²) in [7, 11) is 0. The van der Waals surface area contributed by atoms with Crippen LogP contribution in [0.2, 0.25) is 0 Å². The van der Waals surface area contributed by atoms with E-state index in [0.717, 1.165) is 6.42 Å². The molecule has 0 aliphatic carbocycles. The Morgan fingerprint density at radius 2 is 2.21 bits per heavy atom. The first kappa shape index (κ1) is 9.07. The van der Waals surface area contributed by atoms with E-state index in [1.807, 2.05) is 6.08 Å². The number of hydrogen-bond acceptors (Lipinski definition) is 1. The van der Waals surface area contributed by atoms with Crippen molar-refractivity contribution in [1.82, 2.24) is 0 Å². The zero-order chi connectivity index (χ0) is 9.97. The van der Waals surface area contributed by atoms with Crippen molar-refractivity contribution < 1.29 is 0 Å². The molecule has 1 N–H and O–H groups in total. The van der Waals surface area contributed by atoms with Gasteiger partial charge in [-0.25, -0.2) is 0 Å². The third-order valence-corrected chi connectivity index (χ3v) is 2.66. The molecule has 0 spiro atoms. The number of para-hydroxylation sites is 1. The molecule has 0 saturated heterocycles. The number of nitrogens with one attached hydrogen (secondary N) is 1. The molecule has 72 valence electrons. The summed E-state index contributed by atoms with van der Waals surface area (Å²) in [5.74, 6) is 0. The minimum absolute atomic E-state index is 0.355. The van der Waals surface area contributed by atoms with Gasteiger partial charge in [0.1, 0.15) is 0 Å². The Hall–Kier alpha value is -1.50. The Bertz CT molecular complexity index is 377. The summed E-state index contributed by atoms with van der Waals surface area (Å²) in [6, 6.07) is 8.76. The average Bonchev–Trinajstić information content (AvgIpc) is 2.39. The minimum Gasteiger partial charge on any atom is -0.378 e. The second-order valence-corrected chi connectivity index (χ2v) is 3.65. The standard InChI is InChI=1S/C13H15N/c1-3-11-9-8-10(2)12-6-4-5-7-13(12)14-11/h3-8,11,14H,1,9H2,2H3/t11-/m0/s1. The molecule has 2 rings (SSSR count). The maximum absolute atomic E-state index is 3.83. The van der Waals surface area contributed by atoms with Crippen LogP contribution in [0, 0.1) is 0 Å². The maximum atomic E-state index is 3.83. The van der Waals surface area contributed by atoms with Crippen LogP contribution in [-0.4, -0.2) is 6.04 Å². The number of anilines is 1. The molecule has 0 fully saturated rings. The third kappa shape index (κ3) is 1.58. The van der Waals surface area contributed by atoms with E-state index in [9.17, 15) is 0 Å². The summed E-state index contributed by atoms with van der Waals surface area (Å²) >= 11 is 0. The summed E-state index contributed by atoms with van der Waals surface area (Å²) in [4.78, 5) is 0. The number of rotatable bonds is 1. The summed E-state index contributed by atoms with van der Waals surface area (Å²) in [6.45, 7) is 5.99. The Labute approximate surface area is 85.2 Å². The lowest BCUT2D eigenvalue weighted by atomic mass is 10.1. The Morgan fingerprint density at radius 3 is 3.00 bits per heavy atom. The first-order valence-electron chi connectivity index (χ1n) is 4.96. The normalized spacial score (nSPS) is 20.1. The quantitative estimate of drug-likeness (QED) is 0.661. The van der Waals surface area contributed by atoms with Gasteiger partial charge in [-0.2, -0.15) is 0 Å². The zero-order valence-corrected chi connectivity index (χ0v) is 8.46. The maximum Gasteiger partial charge on any atom is 0.0476 e. The van der Waals surface area contributed by atoms with Crippen molar-refractivity contribution in [3.8, 4) is 0 Å². The second kappa shape index (κ2) is 3.70. The second-order valence-electron chi connectivity index (χ2n) is 3.65. The van der Waals surface area contributed by atoms with E-state index in [4.69, 9.17) is 0 Å². The SMILES string of the molecule is C=C[C@H]1CC=C(C)c2ccccc2N1. The Morgan fingerprint density at radius 1 is 1.43 bits per heavy atom. The fourth-order valence-electron chi connectivity index (χ4n) is 1.78. The molecule has 0 aromatic heterocycles. The number of benzene rings is 1. The highest BCUT2D eigenvalue weighted by Gasteiger charge is 2.11. The molecule has 1 aliphatic rings. The van der Waals surface area contributed by atoms with Crippen LogP contribution in [0.1, 0.15) is 18.9 Å². The van der Waals surface area contributed by atoms with Gasteiger partial charge >= 0.3 is 0 Å². The first-order chi connectivity index (χ1) is 6.81. The van der Waals surface area contributed by atoms with E-state index in [-0.39, 0.29) is 0 Å². The van der Waals surface area contributed by atoms with Crippen LogP contribution in [0.3, 0.4) is 0 Å². The van der Waals surface area contributed by atoms with E-state index in [1.54, 1.807) is 0 Å². The molecule has 0 amide bonds. The van der Waals surface area contributed by atoms with Crippen LogP contribution in [0.5, 0.6) is 0 Å². The molecule has 14 heavy (non-hydrogen) atoms. The highest BCUT2D eigenvalue weighted by Crippen LogP contribution is 2.28. The highest BCUT2D eigenvalue weighted by molar-refractivity contribution is 5.76. The molecule has 1 heteroatoms. The molecular formula is C13H15N. The molecule has 0 bridgehead atoms. The van der Waals surface area contributed by atoms with Gasteiger partial charge in [0.25, 0.3) is 0 Å². The molecule has 1 atom stereocenters. The molecule has 0 radical (unpaired) electrons. The molecule has 1 aromatic carbocycles. The molecule has 1 nitrogen and oxygen atoms in total. The van der Waals surface area contributed by atoms with Crippen molar-refractivity contribution in [3.05, 3.63) is 48.6 Å². The number of allylic oxidation sites excluding steroid dienone is 1. The van der Waals surface area contributed by atoms with Crippen molar-refractivity contribution in [2.24, 2.45) is 0 Å². The molecule has 0 unspecified atom stereocenters. The van der Waals surface area contributed by atoms with Crippen molar-refractivity contribution in [2.75, 3.05) is 5.32 Å². The van der Waals surface area contributed by atoms with Crippen molar-refractivity contribution in [3.63, 3.8) is 0 Å². The van der Waals surface area contributed by atoms with Gasteiger partial charge in [-0.05, 0) is 25.0 Å². The predicted molar refractivity (Wildman–Crippen MR) is 62.3 cm³/mol. The van der Waals surface area contributed by atoms with E-state index in [0.29, 0.717) is 6.04 Å². The van der Waals surface area contributed by atoms with Gasteiger partial charge in [0, 0.05) is 17.3 Å². The largest absolute Gasteiger partial charge is 0.378 e. The van der Waals surface area contributed by atoms with Gasteiger partial charge in [0.05, 0.1) is 0 Å². The van der Waals surface area contributed by atoms with Gasteiger partial charge in [-0.3, -0.25) is 0 Å². The predicted octanol–water partition coefficient (Wildman–Crippen LogP) is 3.46. The molecule has 1 aromatic rings. The van der Waals surface area contributed by atoms with E-state index >= 15 is 0 Å². The number of hydrogen-bond donors (Lipinski definition) is 1. The van der Waals surface area contributed by atoms with Gasteiger partial charge < -0.3 is 5.32 Å². The summed E-state index contributed by atoms with van der Waals surface area (Å²) in [6.07, 6.45) is 5.25. The van der Waals surface area contributed by atoms with Crippen molar-refractivity contribution in [1.29, 1.82) is 0 Å². The van der Waals surface area contributed by atoms with E-state index < -0.39 is 0 Å². The van der Waals surface area contributed by atoms with Gasteiger partial charge in [-0.15, -0.1) is 6.58 Å². The van der Waals surface area contributed by atoms with Crippen molar-refractivity contribution >= 4 is 11.3 Å². The van der Waals surface area contributed by atoms with Crippen LogP contribution in [0.15, 0.2) is 43.0 Å². The minimum atomic E-state index is 0.355. The Balaban J connectivity index is 2.45.